The molecule has 0 bridgehead atoms. The predicted octanol–water partition coefficient (Wildman–Crippen LogP) is 2.23. The first-order chi connectivity index (χ1) is 11.6. The van der Waals surface area contributed by atoms with Gasteiger partial charge >= 0.3 is 0 Å². The van der Waals surface area contributed by atoms with E-state index < -0.39 is 0 Å². The molecule has 6 nitrogen and oxygen atoms in total. The van der Waals surface area contributed by atoms with E-state index in [1.165, 1.54) is 46.9 Å². The average Bonchev–Trinajstić information content (AvgIpc) is 3.02. The van der Waals surface area contributed by atoms with E-state index in [9.17, 15) is 14.4 Å². The number of carbonyl (C=O) groups excluding carboxylic acids is 1. The molecular weight excluding hydrogens is 331 g/mol. The van der Waals surface area contributed by atoms with E-state index in [1.807, 2.05) is 0 Å². The van der Waals surface area contributed by atoms with E-state index >= 15 is 0 Å². The normalized spacial score (nSPS) is 10.7. The lowest BCUT2D eigenvalue weighted by molar-refractivity contribution is -0.645. The molecule has 0 saturated heterocycles. The lowest BCUT2D eigenvalue weighted by Crippen LogP contribution is -2.27. The molecule has 0 radical (unpaired) electrons. The van der Waals surface area contributed by atoms with Crippen LogP contribution in [0.4, 0.5) is 4.39 Å². The number of pyridine rings is 1. The second kappa shape index (κ2) is 7.22. The van der Waals surface area contributed by atoms with Gasteiger partial charge in [-0.3, -0.25) is 4.79 Å². The first-order valence-corrected chi connectivity index (χ1v) is 8.09. The molecule has 0 unspecified atom stereocenters. The van der Waals surface area contributed by atoms with E-state index in [2.05, 4.69) is 10.3 Å². The summed E-state index contributed by atoms with van der Waals surface area (Å²) in [5.74, 6) is -0.0977. The highest BCUT2D eigenvalue weighted by Crippen LogP contribution is 2.17. The minimum absolute atomic E-state index is 0.0240. The van der Waals surface area contributed by atoms with E-state index in [0.29, 0.717) is 22.0 Å². The Labute approximate surface area is 141 Å². The van der Waals surface area contributed by atoms with Gasteiger partial charge in [0, 0.05) is 29.6 Å². The monoisotopic (exact) mass is 344 g/mol. The summed E-state index contributed by atoms with van der Waals surface area (Å²) < 4.78 is 15.1. The van der Waals surface area contributed by atoms with E-state index in [1.54, 1.807) is 24.4 Å². The molecule has 0 spiro atoms. The Morgan fingerprint density at radius 3 is 2.79 bits per heavy atom. The lowest BCUT2D eigenvalue weighted by Gasteiger charge is -2.01. The van der Waals surface area contributed by atoms with E-state index in [0.717, 1.165) is 4.73 Å². The third-order valence-electron chi connectivity index (χ3n) is 3.21. The molecule has 3 rings (SSSR count). The highest BCUT2D eigenvalue weighted by Gasteiger charge is 2.11. The molecule has 0 saturated carbocycles. The van der Waals surface area contributed by atoms with Gasteiger partial charge in [0.05, 0.1) is 5.69 Å². The van der Waals surface area contributed by atoms with Crippen LogP contribution in [-0.4, -0.2) is 20.8 Å². The van der Waals surface area contributed by atoms with Crippen molar-refractivity contribution in [1.29, 1.82) is 0 Å². The van der Waals surface area contributed by atoms with E-state index in [4.69, 9.17) is 0 Å². The van der Waals surface area contributed by atoms with Crippen molar-refractivity contribution < 1.29 is 13.9 Å². The Kier molecular flexibility index (Phi) is 4.85. The van der Waals surface area contributed by atoms with Crippen LogP contribution >= 0.6 is 11.8 Å². The van der Waals surface area contributed by atoms with E-state index in [-0.39, 0.29) is 18.1 Å². The fourth-order valence-corrected chi connectivity index (χ4v) is 2.82. The molecule has 0 fully saturated rings. The molecule has 1 aromatic carbocycles. The van der Waals surface area contributed by atoms with Crippen molar-refractivity contribution in [3.05, 3.63) is 77.1 Å². The highest BCUT2D eigenvalue weighted by molar-refractivity contribution is 7.98. The van der Waals surface area contributed by atoms with Gasteiger partial charge in [0.2, 0.25) is 0 Å². The number of rotatable bonds is 6. The quantitative estimate of drug-likeness (QED) is 0.297. The van der Waals surface area contributed by atoms with Gasteiger partial charge in [-0.1, -0.05) is 5.21 Å². The van der Waals surface area contributed by atoms with Crippen LogP contribution < -0.4 is 4.73 Å². The van der Waals surface area contributed by atoms with Gasteiger partial charge in [-0.05, 0) is 42.1 Å². The average molecular weight is 344 g/mol. The zero-order valence-corrected chi connectivity index (χ0v) is 13.3. The van der Waals surface area contributed by atoms with Crippen molar-refractivity contribution in [3.8, 4) is 0 Å². The predicted molar refractivity (Wildman–Crippen MR) is 85.7 cm³/mol. The van der Waals surface area contributed by atoms with Crippen LogP contribution in [-0.2, 0) is 12.3 Å². The van der Waals surface area contributed by atoms with Crippen LogP contribution in [0.15, 0.2) is 59.9 Å². The minimum atomic E-state index is -0.386. The molecule has 3 aromatic rings. The highest BCUT2D eigenvalue weighted by atomic mass is 32.2. The topological polar surface area (TPSA) is 74.7 Å². The number of thioether (sulfide) groups is 1. The van der Waals surface area contributed by atoms with Crippen LogP contribution in [0, 0.1) is 11.0 Å². The van der Waals surface area contributed by atoms with Gasteiger partial charge < -0.3 is 5.21 Å². The molecule has 122 valence electrons. The molecule has 0 aliphatic carbocycles. The number of hydrogen-bond donors (Lipinski definition) is 0. The third-order valence-corrected chi connectivity index (χ3v) is 4.27. The Balaban J connectivity index is 1.60. The molecule has 0 aliphatic rings. The molecule has 0 amide bonds. The Morgan fingerprint density at radius 1 is 1.25 bits per heavy atom. The molecule has 0 atom stereocenters. The number of aromatic nitrogens is 4. The van der Waals surface area contributed by atoms with Gasteiger partial charge in [0.15, 0.2) is 12.0 Å². The van der Waals surface area contributed by atoms with Gasteiger partial charge in [0.25, 0.3) is 5.03 Å². The van der Waals surface area contributed by atoms with Crippen molar-refractivity contribution in [2.24, 2.45) is 0 Å². The second-order valence-electron chi connectivity index (χ2n) is 4.99. The summed E-state index contributed by atoms with van der Waals surface area (Å²) in [5.41, 5.74) is 1.08. The first-order valence-electron chi connectivity index (χ1n) is 7.10. The molecule has 0 N–H and O–H groups in total. The summed E-state index contributed by atoms with van der Waals surface area (Å²) in [7, 11) is 0. The van der Waals surface area contributed by atoms with Crippen LogP contribution in [0.25, 0.3) is 0 Å². The third kappa shape index (κ3) is 3.96. The summed E-state index contributed by atoms with van der Waals surface area (Å²) in [6.45, 7) is 0.0240. The lowest BCUT2D eigenvalue weighted by atomic mass is 10.1. The zero-order chi connectivity index (χ0) is 16.9. The Hall–Kier alpha value is -2.74. The van der Waals surface area contributed by atoms with Gasteiger partial charge in [-0.2, -0.15) is 4.73 Å². The maximum Gasteiger partial charge on any atom is 0.251 e. The van der Waals surface area contributed by atoms with Crippen molar-refractivity contribution >= 4 is 17.5 Å². The molecule has 0 aliphatic heterocycles. The van der Waals surface area contributed by atoms with Gasteiger partial charge in [-0.15, -0.1) is 5.10 Å². The standard InChI is InChI=1S/C16H13FN4O2S/c17-13-6-4-12(5-7-13)15(22)10-20-9-14(18-19-20)11-24-16-3-1-2-8-21(16)23/h1-9H,10-11H2. The summed E-state index contributed by atoms with van der Waals surface area (Å²) in [4.78, 5) is 12.1. The van der Waals surface area contributed by atoms with Crippen molar-refractivity contribution in [2.75, 3.05) is 0 Å². The maximum atomic E-state index is 12.9. The summed E-state index contributed by atoms with van der Waals surface area (Å²) in [5, 5.41) is 20.0. The number of carbonyl (C=O) groups is 1. The fourth-order valence-electron chi connectivity index (χ4n) is 2.03. The smallest absolute Gasteiger partial charge is 0.251 e. The van der Waals surface area contributed by atoms with Crippen molar-refractivity contribution in [1.82, 2.24) is 15.0 Å². The first kappa shape index (κ1) is 16.1. The van der Waals surface area contributed by atoms with Crippen molar-refractivity contribution in [2.45, 2.75) is 17.3 Å². The number of halogens is 1. The summed E-state index contributed by atoms with van der Waals surface area (Å²) >= 11 is 1.34. The number of benzene rings is 1. The van der Waals surface area contributed by atoms with Crippen LogP contribution in [0.2, 0.25) is 0 Å². The summed E-state index contributed by atoms with van der Waals surface area (Å²) in [6.07, 6.45) is 3.09. The Bertz CT molecular complexity index is 851. The van der Waals surface area contributed by atoms with Gasteiger partial charge in [0.1, 0.15) is 12.4 Å². The van der Waals surface area contributed by atoms with Crippen LogP contribution in [0.5, 0.6) is 0 Å². The second-order valence-corrected chi connectivity index (χ2v) is 5.99. The molecule has 8 heteroatoms. The van der Waals surface area contributed by atoms with Crippen molar-refractivity contribution in [3.63, 3.8) is 0 Å². The number of Topliss-reactive ketones (excluding diaryl/α,β-unsaturated/α-hetero) is 1. The fraction of sp³-hybridized carbons (Fsp3) is 0.125. The zero-order valence-electron chi connectivity index (χ0n) is 12.5. The number of nitrogens with zero attached hydrogens (tertiary/aromatic N) is 4. The molecule has 2 aromatic heterocycles. The van der Waals surface area contributed by atoms with Crippen LogP contribution in [0.3, 0.4) is 0 Å². The van der Waals surface area contributed by atoms with Gasteiger partial charge in [-0.25, -0.2) is 9.07 Å². The number of ketones is 1. The Morgan fingerprint density at radius 2 is 2.04 bits per heavy atom. The summed E-state index contributed by atoms with van der Waals surface area (Å²) in [6, 6.07) is 10.5. The molecule has 24 heavy (non-hydrogen) atoms. The minimum Gasteiger partial charge on any atom is -0.618 e. The number of hydrogen-bond acceptors (Lipinski definition) is 5. The molecule has 2 heterocycles. The molecular formula is C16H13FN4O2S. The van der Waals surface area contributed by atoms with Crippen LogP contribution in [0.1, 0.15) is 16.1 Å². The largest absolute Gasteiger partial charge is 0.618 e. The maximum absolute atomic E-state index is 12.9. The SMILES string of the molecule is O=C(Cn1cc(CSc2cccc[n+]2[O-])nn1)c1ccc(F)cc1.